The van der Waals surface area contributed by atoms with Crippen molar-refractivity contribution in [2.24, 2.45) is 0 Å². The molecule has 0 saturated carbocycles. The van der Waals surface area contributed by atoms with Crippen LogP contribution in [0.3, 0.4) is 0 Å². The van der Waals surface area contributed by atoms with Crippen molar-refractivity contribution >= 4 is 5.69 Å². The van der Waals surface area contributed by atoms with Crippen molar-refractivity contribution in [3.8, 4) is 17.2 Å². The predicted octanol–water partition coefficient (Wildman–Crippen LogP) is 3.73. The molecule has 0 aromatic heterocycles. The Morgan fingerprint density at radius 2 is 1.61 bits per heavy atom. The summed E-state index contributed by atoms with van der Waals surface area (Å²) < 4.78 is 0. The lowest BCUT2D eigenvalue weighted by Gasteiger charge is -2.11. The van der Waals surface area contributed by atoms with Gasteiger partial charge in [0.1, 0.15) is 6.07 Å². The third-order valence-electron chi connectivity index (χ3n) is 3.14. The van der Waals surface area contributed by atoms with Crippen LogP contribution in [0.2, 0.25) is 0 Å². The van der Waals surface area contributed by atoms with Gasteiger partial charge in [-0.25, -0.2) is 0 Å². The summed E-state index contributed by atoms with van der Waals surface area (Å²) in [6, 6.07) is 12.4. The van der Waals surface area contributed by atoms with Crippen LogP contribution in [0.1, 0.15) is 22.3 Å². The molecule has 18 heavy (non-hydrogen) atoms. The van der Waals surface area contributed by atoms with Crippen molar-refractivity contribution in [1.82, 2.24) is 0 Å². The highest BCUT2D eigenvalue weighted by molar-refractivity contribution is 5.75. The molecule has 2 N–H and O–H groups in total. The number of hydrogen-bond donors (Lipinski definition) is 1. The summed E-state index contributed by atoms with van der Waals surface area (Å²) in [6.45, 7) is 6.10. The molecule has 0 heterocycles. The van der Waals surface area contributed by atoms with E-state index >= 15 is 0 Å². The molecule has 2 nitrogen and oxygen atoms in total. The van der Waals surface area contributed by atoms with Crippen molar-refractivity contribution in [3.05, 3.63) is 52.6 Å². The minimum absolute atomic E-state index is 0.545. The minimum Gasteiger partial charge on any atom is -0.398 e. The van der Waals surface area contributed by atoms with Gasteiger partial charge in [0.05, 0.1) is 5.56 Å². The maximum atomic E-state index is 9.15. The van der Waals surface area contributed by atoms with E-state index in [4.69, 9.17) is 11.0 Å². The highest BCUT2D eigenvalue weighted by Crippen LogP contribution is 2.29. The Morgan fingerprint density at radius 3 is 2.17 bits per heavy atom. The van der Waals surface area contributed by atoms with Crippen LogP contribution in [0.5, 0.6) is 0 Å². The molecule has 0 aliphatic heterocycles. The molecular weight excluding hydrogens is 220 g/mol. The van der Waals surface area contributed by atoms with E-state index in [0.717, 1.165) is 16.7 Å². The van der Waals surface area contributed by atoms with Crippen LogP contribution in [0.15, 0.2) is 30.3 Å². The molecule has 0 spiro atoms. The van der Waals surface area contributed by atoms with Gasteiger partial charge in [-0.1, -0.05) is 35.4 Å². The molecule has 0 bridgehead atoms. The fourth-order valence-electron chi connectivity index (χ4n) is 2.32. The summed E-state index contributed by atoms with van der Waals surface area (Å²) >= 11 is 0. The lowest BCUT2D eigenvalue weighted by atomic mass is 9.94. The Morgan fingerprint density at radius 1 is 1.00 bits per heavy atom. The summed E-state index contributed by atoms with van der Waals surface area (Å²) in [5.74, 6) is 0. The van der Waals surface area contributed by atoms with Gasteiger partial charge >= 0.3 is 0 Å². The van der Waals surface area contributed by atoms with Crippen LogP contribution in [-0.2, 0) is 0 Å². The number of nitrogens with zero attached hydrogens (tertiary/aromatic N) is 1. The number of hydrogen-bond acceptors (Lipinski definition) is 2. The lowest BCUT2D eigenvalue weighted by molar-refractivity contribution is 1.35. The average Bonchev–Trinajstić information content (AvgIpc) is 2.28. The molecule has 2 rings (SSSR count). The lowest BCUT2D eigenvalue weighted by Crippen LogP contribution is -1.96. The Kier molecular flexibility index (Phi) is 3.08. The molecule has 2 aromatic rings. The smallest absolute Gasteiger partial charge is 0.102 e. The van der Waals surface area contributed by atoms with E-state index in [-0.39, 0.29) is 0 Å². The maximum Gasteiger partial charge on any atom is 0.102 e. The molecule has 0 unspecified atom stereocenters. The van der Waals surface area contributed by atoms with E-state index in [1.54, 1.807) is 6.07 Å². The molecule has 0 aliphatic rings. The predicted molar refractivity (Wildman–Crippen MR) is 75.2 cm³/mol. The monoisotopic (exact) mass is 236 g/mol. The first-order valence-electron chi connectivity index (χ1n) is 5.91. The molecule has 0 fully saturated rings. The standard InChI is InChI=1S/C16H16N2/c1-10-6-11(2)8-13(7-10)14-4-5-16(18)15(9-17)12(14)3/h4-8H,18H2,1-3H3. The van der Waals surface area contributed by atoms with E-state index in [2.05, 4.69) is 38.1 Å². The van der Waals surface area contributed by atoms with Crippen molar-refractivity contribution < 1.29 is 0 Å². The van der Waals surface area contributed by atoms with E-state index in [0.29, 0.717) is 11.3 Å². The number of nitriles is 1. The number of aryl methyl sites for hydroxylation is 2. The Hall–Kier alpha value is -2.27. The largest absolute Gasteiger partial charge is 0.398 e. The van der Waals surface area contributed by atoms with Crippen LogP contribution in [0.4, 0.5) is 5.69 Å². The van der Waals surface area contributed by atoms with Gasteiger partial charge in [-0.05, 0) is 43.5 Å². The van der Waals surface area contributed by atoms with Gasteiger partial charge in [0.15, 0.2) is 0 Å². The van der Waals surface area contributed by atoms with Gasteiger partial charge in [-0.2, -0.15) is 5.26 Å². The molecular formula is C16H16N2. The summed E-state index contributed by atoms with van der Waals surface area (Å²) in [4.78, 5) is 0. The minimum atomic E-state index is 0.545. The highest BCUT2D eigenvalue weighted by atomic mass is 14.6. The van der Waals surface area contributed by atoms with E-state index in [1.165, 1.54) is 11.1 Å². The van der Waals surface area contributed by atoms with Crippen LogP contribution >= 0.6 is 0 Å². The van der Waals surface area contributed by atoms with Crippen LogP contribution in [-0.4, -0.2) is 0 Å². The van der Waals surface area contributed by atoms with Gasteiger partial charge in [-0.3, -0.25) is 0 Å². The Balaban J connectivity index is 2.69. The van der Waals surface area contributed by atoms with Crippen molar-refractivity contribution in [3.63, 3.8) is 0 Å². The Labute approximate surface area is 108 Å². The molecule has 90 valence electrons. The first kappa shape index (κ1) is 12.2. The van der Waals surface area contributed by atoms with Crippen molar-refractivity contribution in [2.45, 2.75) is 20.8 Å². The zero-order valence-corrected chi connectivity index (χ0v) is 10.9. The zero-order valence-electron chi connectivity index (χ0n) is 10.9. The first-order chi connectivity index (χ1) is 8.52. The first-order valence-corrected chi connectivity index (χ1v) is 5.91. The number of rotatable bonds is 1. The molecule has 0 aliphatic carbocycles. The quantitative estimate of drug-likeness (QED) is 0.767. The number of anilines is 1. The van der Waals surface area contributed by atoms with Crippen molar-refractivity contribution in [2.75, 3.05) is 5.73 Å². The van der Waals surface area contributed by atoms with Gasteiger partial charge in [0.25, 0.3) is 0 Å². The van der Waals surface area contributed by atoms with Gasteiger partial charge < -0.3 is 5.73 Å². The second-order valence-electron chi connectivity index (χ2n) is 4.69. The highest BCUT2D eigenvalue weighted by Gasteiger charge is 2.09. The van der Waals surface area contributed by atoms with E-state index in [9.17, 15) is 0 Å². The molecule has 2 heteroatoms. The summed E-state index contributed by atoms with van der Waals surface area (Å²) in [5, 5.41) is 9.15. The van der Waals surface area contributed by atoms with Crippen LogP contribution < -0.4 is 5.73 Å². The second kappa shape index (κ2) is 4.54. The fourth-order valence-corrected chi connectivity index (χ4v) is 2.32. The van der Waals surface area contributed by atoms with Crippen molar-refractivity contribution in [1.29, 1.82) is 5.26 Å². The van der Waals surface area contributed by atoms with Crippen LogP contribution in [0.25, 0.3) is 11.1 Å². The molecule has 0 radical (unpaired) electrons. The maximum absolute atomic E-state index is 9.15. The number of nitrogens with two attached hydrogens (primary N) is 1. The SMILES string of the molecule is Cc1cc(C)cc(-c2ccc(N)c(C#N)c2C)c1. The van der Waals surface area contributed by atoms with E-state index < -0.39 is 0 Å². The third-order valence-corrected chi connectivity index (χ3v) is 3.14. The average molecular weight is 236 g/mol. The molecule has 0 saturated heterocycles. The topological polar surface area (TPSA) is 49.8 Å². The van der Waals surface area contributed by atoms with Gasteiger partial charge in [0, 0.05) is 5.69 Å². The summed E-state index contributed by atoms with van der Waals surface area (Å²) in [7, 11) is 0. The molecule has 0 atom stereocenters. The molecule has 2 aromatic carbocycles. The number of benzene rings is 2. The summed E-state index contributed by atoms with van der Waals surface area (Å²) in [6.07, 6.45) is 0. The zero-order chi connectivity index (χ0) is 13.3. The van der Waals surface area contributed by atoms with Gasteiger partial charge in [0.2, 0.25) is 0 Å². The van der Waals surface area contributed by atoms with Gasteiger partial charge in [-0.15, -0.1) is 0 Å². The molecule has 0 amide bonds. The normalized spacial score (nSPS) is 10.1. The fraction of sp³-hybridized carbons (Fsp3) is 0.188. The van der Waals surface area contributed by atoms with Crippen LogP contribution in [0, 0.1) is 32.1 Å². The Bertz CT molecular complexity index is 629. The van der Waals surface area contributed by atoms with E-state index in [1.807, 2.05) is 13.0 Å². The number of nitrogen functional groups attached to an aromatic ring is 1. The third kappa shape index (κ3) is 2.08. The summed E-state index contributed by atoms with van der Waals surface area (Å²) in [5.41, 5.74) is 12.5. The second-order valence-corrected chi connectivity index (χ2v) is 4.69.